The molecule has 4 nitrogen and oxygen atoms in total. The zero-order valence-electron chi connectivity index (χ0n) is 11.7. The van der Waals surface area contributed by atoms with Crippen LogP contribution in [-0.4, -0.2) is 9.78 Å². The molecule has 0 saturated heterocycles. The molecule has 1 aromatic carbocycles. The molecule has 0 fully saturated rings. The third kappa shape index (κ3) is 3.51. The van der Waals surface area contributed by atoms with E-state index in [4.69, 9.17) is 39.5 Å². The minimum Gasteiger partial charge on any atom is -0.452 e. The third-order valence-corrected chi connectivity index (χ3v) is 3.51. The molecule has 0 spiro atoms. The average Bonchev–Trinajstić information content (AvgIpc) is 2.36. The Morgan fingerprint density at radius 2 is 1.81 bits per heavy atom. The highest BCUT2D eigenvalue weighted by Gasteiger charge is 2.20. The summed E-state index contributed by atoms with van der Waals surface area (Å²) < 4.78 is 6.84. The van der Waals surface area contributed by atoms with Gasteiger partial charge < -0.3 is 4.74 Å². The smallest absolute Gasteiger partial charge is 0.289 e. The number of hydrogen-bond donors (Lipinski definition) is 0. The maximum Gasteiger partial charge on any atom is 0.289 e. The highest BCUT2D eigenvalue weighted by Crippen LogP contribution is 2.33. The van der Waals surface area contributed by atoms with Crippen molar-refractivity contribution in [3.63, 3.8) is 0 Å². The molecule has 0 aliphatic rings. The van der Waals surface area contributed by atoms with Crippen molar-refractivity contribution >= 4 is 34.8 Å². The molecule has 2 rings (SSSR count). The summed E-state index contributed by atoms with van der Waals surface area (Å²) in [5.74, 6) is 0.490. The summed E-state index contributed by atoms with van der Waals surface area (Å²) in [6.07, 6.45) is 1.39. The van der Waals surface area contributed by atoms with Crippen LogP contribution >= 0.6 is 34.8 Å². The van der Waals surface area contributed by atoms with Crippen LogP contribution in [0.15, 0.2) is 29.2 Å². The van der Waals surface area contributed by atoms with E-state index < -0.39 is 11.1 Å². The molecular formula is C14H13Cl3N2O2. The number of rotatable bonds is 2. The van der Waals surface area contributed by atoms with Crippen LogP contribution in [-0.2, 0) is 5.54 Å². The summed E-state index contributed by atoms with van der Waals surface area (Å²) in [7, 11) is 0. The maximum atomic E-state index is 12.2. The lowest BCUT2D eigenvalue weighted by molar-refractivity contribution is 0.333. The van der Waals surface area contributed by atoms with E-state index in [1.165, 1.54) is 16.9 Å². The van der Waals surface area contributed by atoms with Crippen molar-refractivity contribution in [1.82, 2.24) is 9.78 Å². The second-order valence-electron chi connectivity index (χ2n) is 5.39. The zero-order chi connectivity index (χ0) is 15.8. The van der Waals surface area contributed by atoms with Crippen molar-refractivity contribution in [2.45, 2.75) is 26.3 Å². The van der Waals surface area contributed by atoms with E-state index in [0.29, 0.717) is 15.8 Å². The third-order valence-electron chi connectivity index (χ3n) is 2.64. The highest BCUT2D eigenvalue weighted by atomic mass is 35.5. The van der Waals surface area contributed by atoms with Gasteiger partial charge in [-0.05, 0) is 39.0 Å². The minimum absolute atomic E-state index is 0.0501. The molecule has 0 unspecified atom stereocenters. The fraction of sp³-hybridized carbons (Fsp3) is 0.286. The van der Waals surface area contributed by atoms with Gasteiger partial charge in [-0.1, -0.05) is 34.8 Å². The van der Waals surface area contributed by atoms with Gasteiger partial charge in [-0.2, -0.15) is 5.10 Å². The van der Waals surface area contributed by atoms with Gasteiger partial charge in [0.15, 0.2) is 10.8 Å². The van der Waals surface area contributed by atoms with Gasteiger partial charge in [0.05, 0.1) is 16.8 Å². The first kappa shape index (κ1) is 16.1. The van der Waals surface area contributed by atoms with Gasteiger partial charge in [0, 0.05) is 5.02 Å². The largest absolute Gasteiger partial charge is 0.452 e. The van der Waals surface area contributed by atoms with Gasteiger partial charge in [0.25, 0.3) is 5.56 Å². The molecule has 7 heteroatoms. The molecule has 0 aliphatic carbocycles. The van der Waals surface area contributed by atoms with E-state index in [1.54, 1.807) is 12.1 Å². The Bertz CT molecular complexity index is 736. The molecule has 2 aromatic rings. The van der Waals surface area contributed by atoms with Crippen molar-refractivity contribution in [2.75, 3.05) is 0 Å². The van der Waals surface area contributed by atoms with E-state index in [0.717, 1.165) is 0 Å². The molecular weight excluding hydrogens is 335 g/mol. The SMILES string of the molecule is CC(C)(C)n1ncc(Oc2ccc(Cl)cc2Cl)c(Cl)c1=O. The fourth-order valence-electron chi connectivity index (χ4n) is 1.64. The molecule has 1 heterocycles. The fourth-order valence-corrected chi connectivity index (χ4v) is 2.26. The van der Waals surface area contributed by atoms with Crippen LogP contribution in [0.3, 0.4) is 0 Å². The van der Waals surface area contributed by atoms with Crippen molar-refractivity contribution < 1.29 is 4.74 Å². The molecule has 0 N–H and O–H groups in total. The van der Waals surface area contributed by atoms with Crippen molar-refractivity contribution in [1.29, 1.82) is 0 Å². The van der Waals surface area contributed by atoms with Gasteiger partial charge in [-0.25, -0.2) is 4.68 Å². The van der Waals surface area contributed by atoms with E-state index in [-0.39, 0.29) is 10.8 Å². The number of benzene rings is 1. The standard InChI is InChI=1S/C14H13Cl3N2O2/c1-14(2,3)19-13(20)12(17)11(7-18-19)21-10-5-4-8(15)6-9(10)16/h4-7H,1-3H3. The lowest BCUT2D eigenvalue weighted by Crippen LogP contribution is -2.36. The van der Waals surface area contributed by atoms with E-state index in [1.807, 2.05) is 20.8 Å². The van der Waals surface area contributed by atoms with Gasteiger partial charge in [0.2, 0.25) is 0 Å². The van der Waals surface area contributed by atoms with E-state index in [9.17, 15) is 4.79 Å². The Morgan fingerprint density at radius 3 is 2.38 bits per heavy atom. The monoisotopic (exact) mass is 346 g/mol. The van der Waals surface area contributed by atoms with Crippen molar-refractivity contribution in [3.05, 3.63) is 49.8 Å². The summed E-state index contributed by atoms with van der Waals surface area (Å²) >= 11 is 17.9. The molecule has 0 atom stereocenters. The Balaban J connectivity index is 2.43. The van der Waals surface area contributed by atoms with Gasteiger partial charge in [-0.15, -0.1) is 0 Å². The number of nitrogens with zero attached hydrogens (tertiary/aromatic N) is 2. The number of hydrogen-bond acceptors (Lipinski definition) is 3. The molecule has 0 radical (unpaired) electrons. The first-order valence-electron chi connectivity index (χ1n) is 6.11. The molecule has 21 heavy (non-hydrogen) atoms. The first-order valence-corrected chi connectivity index (χ1v) is 7.25. The first-order chi connectivity index (χ1) is 9.70. The van der Waals surface area contributed by atoms with Crippen LogP contribution < -0.4 is 10.3 Å². The second kappa shape index (κ2) is 5.87. The Hall–Kier alpha value is -1.23. The average molecular weight is 348 g/mol. The van der Waals surface area contributed by atoms with Crippen LogP contribution in [0.1, 0.15) is 20.8 Å². The molecule has 0 saturated carbocycles. The van der Waals surface area contributed by atoms with Crippen molar-refractivity contribution in [3.8, 4) is 11.5 Å². The lowest BCUT2D eigenvalue weighted by atomic mass is 10.1. The normalized spacial score (nSPS) is 11.5. The molecule has 112 valence electrons. The Labute approximate surface area is 137 Å². The van der Waals surface area contributed by atoms with Gasteiger partial charge in [0.1, 0.15) is 5.75 Å². The molecule has 0 amide bonds. The molecule has 0 bridgehead atoms. The summed E-state index contributed by atoms with van der Waals surface area (Å²) in [6, 6.07) is 4.76. The summed E-state index contributed by atoms with van der Waals surface area (Å²) in [4.78, 5) is 12.2. The summed E-state index contributed by atoms with van der Waals surface area (Å²) in [5.41, 5.74) is -0.899. The number of halogens is 3. The van der Waals surface area contributed by atoms with Gasteiger partial charge in [-0.3, -0.25) is 4.79 Å². The molecule has 1 aromatic heterocycles. The predicted octanol–water partition coefficient (Wildman–Crippen LogP) is 4.75. The van der Waals surface area contributed by atoms with E-state index >= 15 is 0 Å². The topological polar surface area (TPSA) is 44.1 Å². The lowest BCUT2D eigenvalue weighted by Gasteiger charge is -2.21. The zero-order valence-corrected chi connectivity index (χ0v) is 13.9. The predicted molar refractivity (Wildman–Crippen MR) is 85.0 cm³/mol. The van der Waals surface area contributed by atoms with Crippen LogP contribution in [0.25, 0.3) is 0 Å². The summed E-state index contributed by atoms with van der Waals surface area (Å²) in [5, 5.41) is 4.83. The molecule has 0 aliphatic heterocycles. The van der Waals surface area contributed by atoms with E-state index in [2.05, 4.69) is 5.10 Å². The minimum atomic E-state index is -0.475. The Morgan fingerprint density at radius 1 is 1.14 bits per heavy atom. The van der Waals surface area contributed by atoms with Gasteiger partial charge >= 0.3 is 0 Å². The highest BCUT2D eigenvalue weighted by molar-refractivity contribution is 6.35. The number of ether oxygens (including phenoxy) is 1. The second-order valence-corrected chi connectivity index (χ2v) is 6.61. The van der Waals surface area contributed by atoms with Crippen LogP contribution in [0.5, 0.6) is 11.5 Å². The van der Waals surface area contributed by atoms with Crippen LogP contribution in [0, 0.1) is 0 Å². The Kier molecular flexibility index (Phi) is 4.51. The maximum absolute atomic E-state index is 12.2. The van der Waals surface area contributed by atoms with Crippen molar-refractivity contribution in [2.24, 2.45) is 0 Å². The van der Waals surface area contributed by atoms with Crippen LogP contribution in [0.2, 0.25) is 15.1 Å². The summed E-state index contributed by atoms with van der Waals surface area (Å²) in [6.45, 7) is 5.57. The van der Waals surface area contributed by atoms with Crippen LogP contribution in [0.4, 0.5) is 0 Å². The number of aromatic nitrogens is 2. The quantitative estimate of drug-likeness (QED) is 0.787.